The minimum atomic E-state index is -4.53. The normalized spacial score (nSPS) is 11.5. The number of rotatable bonds is 7. The van der Waals surface area contributed by atoms with Crippen molar-refractivity contribution in [2.45, 2.75) is 26.1 Å². The van der Waals surface area contributed by atoms with Gasteiger partial charge in [0.05, 0.1) is 23.9 Å². The van der Waals surface area contributed by atoms with Gasteiger partial charge in [0.2, 0.25) is 5.91 Å². The van der Waals surface area contributed by atoms with E-state index in [2.05, 4.69) is 10.3 Å². The summed E-state index contributed by atoms with van der Waals surface area (Å²) in [5.74, 6) is 0.0868. The topological polar surface area (TPSA) is 73.2 Å². The molecule has 34 heavy (non-hydrogen) atoms. The van der Waals surface area contributed by atoms with E-state index in [1.54, 1.807) is 0 Å². The molecule has 4 aromatic rings. The number of carbonyl (C=O) groups excluding carboxylic acids is 1. The molecule has 0 atom stereocenters. The van der Waals surface area contributed by atoms with Crippen LogP contribution in [-0.4, -0.2) is 22.1 Å². The van der Waals surface area contributed by atoms with Gasteiger partial charge in [-0.2, -0.15) is 13.2 Å². The molecule has 0 saturated heterocycles. The van der Waals surface area contributed by atoms with E-state index < -0.39 is 29.8 Å². The van der Waals surface area contributed by atoms with Crippen molar-refractivity contribution in [3.8, 4) is 16.9 Å². The minimum absolute atomic E-state index is 0.0106. The van der Waals surface area contributed by atoms with Crippen LogP contribution in [0.25, 0.3) is 21.3 Å². The number of fused-ring (bicyclic) bond motifs is 1. The van der Waals surface area contributed by atoms with Crippen molar-refractivity contribution in [1.82, 2.24) is 9.55 Å². The maximum Gasteiger partial charge on any atom is 0.416 e. The van der Waals surface area contributed by atoms with Crippen molar-refractivity contribution in [2.75, 3.05) is 11.9 Å². The summed E-state index contributed by atoms with van der Waals surface area (Å²) in [7, 11) is 0. The van der Waals surface area contributed by atoms with Crippen LogP contribution >= 0.6 is 11.3 Å². The van der Waals surface area contributed by atoms with Crippen LogP contribution in [0.15, 0.2) is 65.0 Å². The van der Waals surface area contributed by atoms with Crippen molar-refractivity contribution < 1.29 is 22.7 Å². The van der Waals surface area contributed by atoms with Crippen LogP contribution in [0.1, 0.15) is 18.9 Å². The number of aromatic nitrogens is 2. The average molecular weight is 488 g/mol. The van der Waals surface area contributed by atoms with E-state index in [0.717, 1.165) is 34.4 Å². The highest BCUT2D eigenvalue weighted by molar-refractivity contribution is 7.17. The number of anilines is 1. The summed E-state index contributed by atoms with van der Waals surface area (Å²) >= 11 is 1.31. The summed E-state index contributed by atoms with van der Waals surface area (Å²) in [4.78, 5) is 30.4. The molecule has 2 heterocycles. The van der Waals surface area contributed by atoms with Gasteiger partial charge in [0, 0.05) is 16.6 Å². The Labute approximate surface area is 196 Å². The molecule has 0 aliphatic heterocycles. The molecular weight excluding hydrogens is 467 g/mol. The Kier molecular flexibility index (Phi) is 6.69. The molecule has 4 rings (SSSR count). The number of carbonyl (C=O) groups is 1. The summed E-state index contributed by atoms with van der Waals surface area (Å²) in [6.07, 6.45) is -2.37. The number of alkyl halides is 3. The van der Waals surface area contributed by atoms with E-state index >= 15 is 0 Å². The summed E-state index contributed by atoms with van der Waals surface area (Å²) in [6, 6.07) is 11.7. The molecule has 10 heteroatoms. The predicted octanol–water partition coefficient (Wildman–Crippen LogP) is 5.57. The maximum absolute atomic E-state index is 13.1. The molecule has 1 N–H and O–H groups in total. The molecule has 0 aliphatic carbocycles. The SMILES string of the molecule is CCCOc1ccc(-c2csc3ncn(CC(=O)Nc4cccc(C(F)(F)F)c4)c(=O)c23)cc1. The fourth-order valence-corrected chi connectivity index (χ4v) is 4.28. The van der Waals surface area contributed by atoms with Crippen LogP contribution in [-0.2, 0) is 17.5 Å². The molecule has 176 valence electrons. The zero-order valence-corrected chi connectivity index (χ0v) is 18.9. The molecule has 0 unspecified atom stereocenters. The predicted molar refractivity (Wildman–Crippen MR) is 125 cm³/mol. The third-order valence-corrected chi connectivity index (χ3v) is 5.87. The smallest absolute Gasteiger partial charge is 0.416 e. The first kappa shape index (κ1) is 23.5. The minimum Gasteiger partial charge on any atom is -0.494 e. The lowest BCUT2D eigenvalue weighted by atomic mass is 10.1. The first-order chi connectivity index (χ1) is 16.3. The van der Waals surface area contributed by atoms with Gasteiger partial charge in [-0.05, 0) is 42.3 Å². The number of halogens is 3. The molecule has 6 nitrogen and oxygen atoms in total. The van der Waals surface area contributed by atoms with E-state index in [1.807, 2.05) is 36.6 Å². The number of amides is 1. The number of ether oxygens (including phenoxy) is 1. The van der Waals surface area contributed by atoms with Crippen molar-refractivity contribution in [2.24, 2.45) is 0 Å². The molecular formula is C24H20F3N3O3S. The van der Waals surface area contributed by atoms with Gasteiger partial charge >= 0.3 is 6.18 Å². The van der Waals surface area contributed by atoms with Gasteiger partial charge in [-0.25, -0.2) is 4.98 Å². The lowest BCUT2D eigenvalue weighted by Crippen LogP contribution is -2.27. The van der Waals surface area contributed by atoms with Gasteiger partial charge in [0.15, 0.2) is 0 Å². The second-order valence-electron chi connectivity index (χ2n) is 7.51. The Bertz CT molecular complexity index is 1380. The van der Waals surface area contributed by atoms with E-state index in [1.165, 1.54) is 29.8 Å². The van der Waals surface area contributed by atoms with Crippen LogP contribution in [0, 0.1) is 0 Å². The molecule has 0 aliphatic rings. The highest BCUT2D eigenvalue weighted by Crippen LogP contribution is 2.32. The van der Waals surface area contributed by atoms with E-state index in [-0.39, 0.29) is 5.69 Å². The van der Waals surface area contributed by atoms with Crippen LogP contribution in [0.5, 0.6) is 5.75 Å². The van der Waals surface area contributed by atoms with E-state index in [9.17, 15) is 22.8 Å². The van der Waals surface area contributed by atoms with Crippen LogP contribution in [0.2, 0.25) is 0 Å². The quantitative estimate of drug-likeness (QED) is 0.370. The lowest BCUT2D eigenvalue weighted by molar-refractivity contribution is -0.137. The summed E-state index contributed by atoms with van der Waals surface area (Å²) in [5, 5.41) is 4.61. The zero-order chi connectivity index (χ0) is 24.3. The zero-order valence-electron chi connectivity index (χ0n) is 18.1. The molecule has 0 fully saturated rings. The van der Waals surface area contributed by atoms with Crippen molar-refractivity contribution in [3.05, 3.63) is 76.2 Å². The average Bonchev–Trinajstić information content (AvgIpc) is 3.24. The molecule has 0 spiro atoms. The monoisotopic (exact) mass is 487 g/mol. The fraction of sp³-hybridized carbons (Fsp3) is 0.208. The summed E-state index contributed by atoms with van der Waals surface area (Å²) in [5.41, 5.74) is 0.196. The van der Waals surface area contributed by atoms with E-state index in [0.29, 0.717) is 22.4 Å². The Balaban J connectivity index is 1.57. The highest BCUT2D eigenvalue weighted by Gasteiger charge is 2.30. The van der Waals surface area contributed by atoms with Gasteiger partial charge < -0.3 is 10.1 Å². The lowest BCUT2D eigenvalue weighted by Gasteiger charge is -2.11. The second kappa shape index (κ2) is 9.68. The highest BCUT2D eigenvalue weighted by atomic mass is 32.1. The fourth-order valence-electron chi connectivity index (χ4n) is 3.37. The van der Waals surface area contributed by atoms with Gasteiger partial charge in [-0.1, -0.05) is 25.1 Å². The Morgan fingerprint density at radius 1 is 1.18 bits per heavy atom. The molecule has 0 saturated carbocycles. The third kappa shape index (κ3) is 5.12. The Morgan fingerprint density at radius 3 is 2.65 bits per heavy atom. The number of hydrogen-bond acceptors (Lipinski definition) is 5. The number of hydrogen-bond donors (Lipinski definition) is 1. The first-order valence-corrected chi connectivity index (χ1v) is 11.3. The Hall–Kier alpha value is -3.66. The maximum atomic E-state index is 13.1. The third-order valence-electron chi connectivity index (χ3n) is 4.99. The molecule has 0 bridgehead atoms. The van der Waals surface area contributed by atoms with Gasteiger partial charge in [0.1, 0.15) is 17.1 Å². The van der Waals surface area contributed by atoms with Crippen molar-refractivity contribution in [1.29, 1.82) is 0 Å². The number of thiophene rings is 1. The summed E-state index contributed by atoms with van der Waals surface area (Å²) in [6.45, 7) is 2.23. The standard InChI is InChI=1S/C24H20F3N3O3S/c1-2-10-33-18-8-6-15(7-9-18)19-13-34-22-21(19)23(32)30(14-28-22)12-20(31)29-17-5-3-4-16(11-17)24(25,26)27/h3-9,11,13-14H,2,10,12H2,1H3,(H,29,31). The molecule has 2 aromatic carbocycles. The van der Waals surface area contributed by atoms with Crippen molar-refractivity contribution >= 4 is 33.1 Å². The van der Waals surface area contributed by atoms with Gasteiger partial charge in [-0.3, -0.25) is 14.2 Å². The molecule has 1 amide bonds. The van der Waals surface area contributed by atoms with Crippen molar-refractivity contribution in [3.63, 3.8) is 0 Å². The second-order valence-corrected chi connectivity index (χ2v) is 8.36. The largest absolute Gasteiger partial charge is 0.494 e. The van der Waals surface area contributed by atoms with E-state index in [4.69, 9.17) is 4.74 Å². The van der Waals surface area contributed by atoms with Crippen LogP contribution in [0.3, 0.4) is 0 Å². The van der Waals surface area contributed by atoms with Crippen LogP contribution < -0.4 is 15.6 Å². The number of nitrogens with one attached hydrogen (secondary N) is 1. The first-order valence-electron chi connectivity index (χ1n) is 10.4. The number of benzene rings is 2. The van der Waals surface area contributed by atoms with Gasteiger partial charge in [0.25, 0.3) is 5.56 Å². The van der Waals surface area contributed by atoms with Crippen LogP contribution in [0.4, 0.5) is 18.9 Å². The molecule has 0 radical (unpaired) electrons. The Morgan fingerprint density at radius 2 is 1.94 bits per heavy atom. The number of nitrogens with zero attached hydrogens (tertiary/aromatic N) is 2. The van der Waals surface area contributed by atoms with Gasteiger partial charge in [-0.15, -0.1) is 11.3 Å². The molecule has 2 aromatic heterocycles. The summed E-state index contributed by atoms with van der Waals surface area (Å²) < 4.78 is 45.4.